The van der Waals surface area contributed by atoms with Crippen LogP contribution in [0.2, 0.25) is 0 Å². The Labute approximate surface area is 93.4 Å². The molecule has 0 aromatic heterocycles. The summed E-state index contributed by atoms with van der Waals surface area (Å²) in [7, 11) is 0. The second kappa shape index (κ2) is 6.75. The van der Waals surface area contributed by atoms with Crippen LogP contribution in [0.3, 0.4) is 0 Å². The van der Waals surface area contributed by atoms with E-state index in [0.717, 1.165) is 5.56 Å². The number of alkyl halides is 3. The molecule has 0 aliphatic heterocycles. The molecule has 1 aromatic rings. The van der Waals surface area contributed by atoms with Crippen LogP contribution in [-0.4, -0.2) is 24.9 Å². The zero-order valence-electron chi connectivity index (χ0n) is 8.30. The topological polar surface area (TPSA) is 12.0 Å². The largest absolute Gasteiger partial charge is 0.307 e. The molecule has 0 saturated heterocycles. The first kappa shape index (κ1) is 12.4. The van der Waals surface area contributed by atoms with Gasteiger partial charge in [-0.1, -0.05) is 30.3 Å². The van der Waals surface area contributed by atoms with Crippen molar-refractivity contribution in [3.63, 3.8) is 0 Å². The molecule has 0 spiro atoms. The van der Waals surface area contributed by atoms with Crippen LogP contribution in [0.15, 0.2) is 30.3 Å². The smallest absolute Gasteiger partial charge is 0.250 e. The van der Waals surface area contributed by atoms with E-state index in [4.69, 9.17) is 11.6 Å². The molecule has 0 bridgehead atoms. The molecule has 1 atom stereocenters. The number of nitrogens with one attached hydrogen (secondary N) is 1. The van der Waals surface area contributed by atoms with E-state index < -0.39 is 6.43 Å². The lowest BCUT2D eigenvalue weighted by molar-refractivity contribution is 0.142. The van der Waals surface area contributed by atoms with Gasteiger partial charge in [-0.3, -0.25) is 0 Å². The van der Waals surface area contributed by atoms with Crippen LogP contribution in [0.25, 0.3) is 0 Å². The zero-order chi connectivity index (χ0) is 11.1. The Morgan fingerprint density at radius 1 is 1.20 bits per heavy atom. The summed E-state index contributed by atoms with van der Waals surface area (Å²) in [6.45, 7) is -0.301. The van der Waals surface area contributed by atoms with Gasteiger partial charge in [0.15, 0.2) is 0 Å². The molecule has 0 aliphatic rings. The minimum Gasteiger partial charge on any atom is -0.307 e. The van der Waals surface area contributed by atoms with Crippen LogP contribution in [0.4, 0.5) is 8.78 Å². The molecular weight excluding hydrogens is 220 g/mol. The van der Waals surface area contributed by atoms with Crippen molar-refractivity contribution in [2.45, 2.75) is 18.9 Å². The molecule has 1 aromatic carbocycles. The first-order chi connectivity index (χ1) is 7.22. The van der Waals surface area contributed by atoms with Gasteiger partial charge < -0.3 is 5.32 Å². The Morgan fingerprint density at radius 2 is 1.87 bits per heavy atom. The van der Waals surface area contributed by atoms with Gasteiger partial charge in [0.2, 0.25) is 0 Å². The Morgan fingerprint density at radius 3 is 2.40 bits per heavy atom. The summed E-state index contributed by atoms with van der Waals surface area (Å²) < 4.78 is 23.9. The fraction of sp³-hybridized carbons (Fsp3) is 0.455. The second-order valence-electron chi connectivity index (χ2n) is 3.34. The Balaban J connectivity index is 2.40. The zero-order valence-corrected chi connectivity index (χ0v) is 9.05. The van der Waals surface area contributed by atoms with Crippen molar-refractivity contribution >= 4 is 11.6 Å². The molecule has 4 heteroatoms. The van der Waals surface area contributed by atoms with Crippen molar-refractivity contribution in [2.75, 3.05) is 12.4 Å². The van der Waals surface area contributed by atoms with Crippen molar-refractivity contribution in [3.8, 4) is 0 Å². The maximum Gasteiger partial charge on any atom is 0.250 e. The van der Waals surface area contributed by atoms with Gasteiger partial charge in [0.1, 0.15) is 0 Å². The minimum atomic E-state index is -2.33. The Hall–Kier alpha value is -0.670. The van der Waals surface area contributed by atoms with E-state index >= 15 is 0 Å². The molecule has 0 saturated carbocycles. The van der Waals surface area contributed by atoms with E-state index in [-0.39, 0.29) is 12.6 Å². The Bertz CT molecular complexity index is 267. The van der Waals surface area contributed by atoms with Crippen LogP contribution < -0.4 is 5.32 Å². The van der Waals surface area contributed by atoms with Crippen LogP contribution in [-0.2, 0) is 6.42 Å². The van der Waals surface area contributed by atoms with Gasteiger partial charge in [-0.05, 0) is 12.0 Å². The third kappa shape index (κ3) is 5.09. The highest BCUT2D eigenvalue weighted by molar-refractivity contribution is 6.18. The predicted octanol–water partition coefficient (Wildman–Crippen LogP) is 2.69. The van der Waals surface area contributed by atoms with Gasteiger partial charge in [-0.15, -0.1) is 11.6 Å². The lowest BCUT2D eigenvalue weighted by Gasteiger charge is -2.15. The van der Waals surface area contributed by atoms with E-state index in [1.54, 1.807) is 0 Å². The molecule has 0 fully saturated rings. The number of benzene rings is 1. The monoisotopic (exact) mass is 233 g/mol. The Kier molecular flexibility index (Phi) is 5.58. The molecule has 1 unspecified atom stereocenters. The third-order valence-electron chi connectivity index (χ3n) is 2.07. The van der Waals surface area contributed by atoms with E-state index in [9.17, 15) is 8.78 Å². The first-order valence-electron chi connectivity index (χ1n) is 4.83. The van der Waals surface area contributed by atoms with E-state index in [0.29, 0.717) is 12.3 Å². The van der Waals surface area contributed by atoms with Crippen molar-refractivity contribution in [1.82, 2.24) is 5.32 Å². The van der Waals surface area contributed by atoms with Gasteiger partial charge in [0.25, 0.3) is 6.43 Å². The molecule has 1 N–H and O–H groups in total. The number of rotatable bonds is 6. The molecule has 0 heterocycles. The molecule has 0 radical (unpaired) electrons. The highest BCUT2D eigenvalue weighted by Gasteiger charge is 2.10. The van der Waals surface area contributed by atoms with Crippen LogP contribution in [0.1, 0.15) is 5.56 Å². The molecule has 84 valence electrons. The van der Waals surface area contributed by atoms with Gasteiger partial charge in [0, 0.05) is 11.9 Å². The molecule has 15 heavy (non-hydrogen) atoms. The van der Waals surface area contributed by atoms with Gasteiger partial charge >= 0.3 is 0 Å². The van der Waals surface area contributed by atoms with Crippen molar-refractivity contribution in [1.29, 1.82) is 0 Å². The lowest BCUT2D eigenvalue weighted by Crippen LogP contribution is -2.36. The maximum atomic E-state index is 12.0. The second-order valence-corrected chi connectivity index (χ2v) is 3.65. The first-order valence-corrected chi connectivity index (χ1v) is 5.37. The van der Waals surface area contributed by atoms with Crippen LogP contribution in [0.5, 0.6) is 0 Å². The average Bonchev–Trinajstić information content (AvgIpc) is 2.25. The fourth-order valence-electron chi connectivity index (χ4n) is 1.34. The van der Waals surface area contributed by atoms with Gasteiger partial charge in [0.05, 0.1) is 6.54 Å². The summed E-state index contributed by atoms with van der Waals surface area (Å²) in [4.78, 5) is 0. The summed E-state index contributed by atoms with van der Waals surface area (Å²) in [5.41, 5.74) is 1.10. The highest BCUT2D eigenvalue weighted by Crippen LogP contribution is 2.04. The van der Waals surface area contributed by atoms with Gasteiger partial charge in [-0.25, -0.2) is 8.78 Å². The number of hydrogen-bond acceptors (Lipinski definition) is 1. The SMILES string of the molecule is FC(F)CNC(CCl)Cc1ccccc1. The summed E-state index contributed by atoms with van der Waals surface area (Å²) in [6, 6.07) is 9.60. The minimum absolute atomic E-state index is 0.0944. The normalized spacial score (nSPS) is 13.1. The van der Waals surface area contributed by atoms with Crippen molar-refractivity contribution < 1.29 is 8.78 Å². The quantitative estimate of drug-likeness (QED) is 0.745. The molecule has 1 rings (SSSR count). The lowest BCUT2D eigenvalue weighted by atomic mass is 10.1. The maximum absolute atomic E-state index is 12.0. The van der Waals surface area contributed by atoms with Crippen LogP contribution in [0, 0.1) is 0 Å². The van der Waals surface area contributed by atoms with Crippen molar-refractivity contribution in [2.24, 2.45) is 0 Å². The van der Waals surface area contributed by atoms with Crippen LogP contribution >= 0.6 is 11.6 Å². The van der Waals surface area contributed by atoms with E-state index in [1.165, 1.54) is 0 Å². The molecular formula is C11H14ClF2N. The van der Waals surface area contributed by atoms with E-state index in [1.807, 2.05) is 30.3 Å². The standard InChI is InChI=1S/C11H14ClF2N/c12-7-10(15-8-11(13)14)6-9-4-2-1-3-5-9/h1-5,10-11,15H,6-8H2. The molecule has 0 amide bonds. The fourth-order valence-corrected chi connectivity index (χ4v) is 1.55. The van der Waals surface area contributed by atoms with Gasteiger partial charge in [-0.2, -0.15) is 0 Å². The number of halogens is 3. The summed E-state index contributed by atoms with van der Waals surface area (Å²) in [5.74, 6) is 0.335. The molecule has 1 nitrogen and oxygen atoms in total. The van der Waals surface area contributed by atoms with Crippen molar-refractivity contribution in [3.05, 3.63) is 35.9 Å². The highest BCUT2D eigenvalue weighted by atomic mass is 35.5. The summed E-state index contributed by atoms with van der Waals surface area (Å²) >= 11 is 5.69. The predicted molar refractivity (Wildman–Crippen MR) is 58.7 cm³/mol. The summed E-state index contributed by atoms with van der Waals surface area (Å²) in [5, 5.41) is 2.74. The molecule has 0 aliphatic carbocycles. The number of hydrogen-bond donors (Lipinski definition) is 1. The van der Waals surface area contributed by atoms with E-state index in [2.05, 4.69) is 5.32 Å². The third-order valence-corrected chi connectivity index (χ3v) is 2.44. The average molecular weight is 234 g/mol. The summed E-state index contributed by atoms with van der Waals surface area (Å²) in [6.07, 6.45) is -1.65.